The highest BCUT2D eigenvalue weighted by Crippen LogP contribution is 2.22. The van der Waals surface area contributed by atoms with Crippen LogP contribution in [0.3, 0.4) is 0 Å². The Bertz CT molecular complexity index is 339. The van der Waals surface area contributed by atoms with Crippen LogP contribution in [-0.2, 0) is 14.6 Å². The van der Waals surface area contributed by atoms with Crippen LogP contribution in [0.1, 0.15) is 20.3 Å². The minimum atomic E-state index is -2.91. The van der Waals surface area contributed by atoms with Gasteiger partial charge in [-0.1, -0.05) is 0 Å². The lowest BCUT2D eigenvalue weighted by Crippen LogP contribution is -2.48. The lowest BCUT2D eigenvalue weighted by Gasteiger charge is -2.23. The summed E-state index contributed by atoms with van der Waals surface area (Å²) in [6, 6.07) is 0. The van der Waals surface area contributed by atoms with Crippen LogP contribution in [0, 0.1) is 0 Å². The van der Waals surface area contributed by atoms with Gasteiger partial charge in [0.05, 0.1) is 18.1 Å². The first-order chi connectivity index (χ1) is 6.87. The molecule has 0 aromatic carbocycles. The highest BCUT2D eigenvalue weighted by atomic mass is 32.2. The molecule has 2 N–H and O–H groups in total. The highest BCUT2D eigenvalue weighted by molar-refractivity contribution is 7.91. The number of carbonyl (C=O) groups is 1. The summed E-state index contributed by atoms with van der Waals surface area (Å²) >= 11 is 0. The zero-order valence-corrected chi connectivity index (χ0v) is 9.99. The zero-order chi connectivity index (χ0) is 11.5. The van der Waals surface area contributed by atoms with Crippen molar-refractivity contribution < 1.29 is 13.2 Å². The Hall–Kier alpha value is -0.620. The summed E-state index contributed by atoms with van der Waals surface area (Å²) in [6.45, 7) is 4.46. The molecule has 0 aromatic heterocycles. The van der Waals surface area contributed by atoms with Crippen molar-refractivity contribution >= 4 is 15.7 Å². The second-order valence-electron chi connectivity index (χ2n) is 4.21. The summed E-state index contributed by atoms with van der Waals surface area (Å²) in [5.41, 5.74) is -0.441. The second-order valence-corrected chi connectivity index (χ2v) is 6.39. The van der Waals surface area contributed by atoms with Gasteiger partial charge in [-0.3, -0.25) is 4.79 Å². The van der Waals surface area contributed by atoms with Crippen LogP contribution in [0.25, 0.3) is 0 Å². The van der Waals surface area contributed by atoms with Gasteiger partial charge in [0.25, 0.3) is 0 Å². The van der Waals surface area contributed by atoms with Crippen molar-refractivity contribution in [3.05, 3.63) is 0 Å². The number of hydrogen-bond donors (Lipinski definition) is 2. The Morgan fingerprint density at radius 2 is 2.13 bits per heavy atom. The highest BCUT2D eigenvalue weighted by Gasteiger charge is 2.38. The van der Waals surface area contributed by atoms with Gasteiger partial charge in [0, 0.05) is 12.1 Å². The molecule has 88 valence electrons. The topological polar surface area (TPSA) is 75.3 Å². The minimum absolute atomic E-state index is 0.0944. The maximum atomic E-state index is 11.3. The van der Waals surface area contributed by atoms with E-state index in [0.29, 0.717) is 13.0 Å². The Morgan fingerprint density at radius 1 is 1.47 bits per heavy atom. The lowest BCUT2D eigenvalue weighted by molar-refractivity contribution is -0.120. The number of hydrogen-bond acceptors (Lipinski definition) is 4. The molecule has 0 spiro atoms. The Balaban J connectivity index is 2.42. The fraction of sp³-hybridized carbons (Fsp3) is 0.889. The molecular formula is C9H18N2O3S. The number of carbonyl (C=O) groups excluding carboxylic acids is 1. The lowest BCUT2D eigenvalue weighted by atomic mass is 10.0. The Kier molecular flexibility index (Phi) is 3.72. The van der Waals surface area contributed by atoms with Crippen LogP contribution in [0.5, 0.6) is 0 Å². The number of nitrogens with one attached hydrogen (secondary N) is 2. The maximum absolute atomic E-state index is 11.3. The van der Waals surface area contributed by atoms with E-state index < -0.39 is 15.4 Å². The predicted octanol–water partition coefficient (Wildman–Crippen LogP) is -0.711. The van der Waals surface area contributed by atoms with Crippen LogP contribution in [0.4, 0.5) is 0 Å². The van der Waals surface area contributed by atoms with Gasteiger partial charge in [-0.25, -0.2) is 8.42 Å². The normalized spacial score (nSPS) is 28.9. The van der Waals surface area contributed by atoms with Crippen molar-refractivity contribution in [3.63, 3.8) is 0 Å². The summed E-state index contributed by atoms with van der Waals surface area (Å²) in [6.07, 6.45) is 0.578. The average molecular weight is 234 g/mol. The summed E-state index contributed by atoms with van der Waals surface area (Å²) in [5, 5.41) is 5.66. The number of sulfone groups is 1. The molecule has 1 atom stereocenters. The van der Waals surface area contributed by atoms with Gasteiger partial charge in [0.1, 0.15) is 0 Å². The van der Waals surface area contributed by atoms with Gasteiger partial charge in [-0.2, -0.15) is 0 Å². The van der Waals surface area contributed by atoms with Crippen molar-refractivity contribution in [1.29, 1.82) is 0 Å². The molecule has 1 aliphatic rings. The SMILES string of the molecule is CCNC(=O)CNC1(C)CCS(=O)(=O)C1. The average Bonchev–Trinajstić information content (AvgIpc) is 2.39. The number of amides is 1. The van der Waals surface area contributed by atoms with E-state index in [-0.39, 0.29) is 24.0 Å². The maximum Gasteiger partial charge on any atom is 0.233 e. The van der Waals surface area contributed by atoms with E-state index >= 15 is 0 Å². The summed E-state index contributed by atoms with van der Waals surface area (Å²) in [5.74, 6) is 0.244. The molecule has 0 aliphatic carbocycles. The molecule has 1 fully saturated rings. The molecule has 1 amide bonds. The van der Waals surface area contributed by atoms with Gasteiger partial charge in [0.2, 0.25) is 5.91 Å². The molecule has 0 radical (unpaired) electrons. The Morgan fingerprint density at radius 3 is 2.60 bits per heavy atom. The number of rotatable bonds is 4. The van der Waals surface area contributed by atoms with Gasteiger partial charge in [-0.15, -0.1) is 0 Å². The van der Waals surface area contributed by atoms with Gasteiger partial charge in [0.15, 0.2) is 9.84 Å². The summed E-state index contributed by atoms with van der Waals surface area (Å²) in [7, 11) is -2.91. The van der Waals surface area contributed by atoms with Gasteiger partial charge in [-0.05, 0) is 20.3 Å². The summed E-state index contributed by atoms with van der Waals surface area (Å²) < 4.78 is 22.6. The first kappa shape index (κ1) is 12.4. The third-order valence-corrected chi connectivity index (χ3v) is 4.46. The zero-order valence-electron chi connectivity index (χ0n) is 9.17. The molecule has 0 bridgehead atoms. The molecule has 0 aromatic rings. The Labute approximate surface area is 90.5 Å². The predicted molar refractivity (Wildman–Crippen MR) is 58.4 cm³/mol. The molecular weight excluding hydrogens is 216 g/mol. The van der Waals surface area contributed by atoms with Gasteiger partial charge >= 0.3 is 0 Å². The minimum Gasteiger partial charge on any atom is -0.355 e. The fourth-order valence-electron chi connectivity index (χ4n) is 1.70. The van der Waals surface area contributed by atoms with Crippen LogP contribution >= 0.6 is 0 Å². The quantitative estimate of drug-likeness (QED) is 0.674. The van der Waals surface area contributed by atoms with Crippen molar-refractivity contribution in [2.75, 3.05) is 24.6 Å². The molecule has 1 saturated heterocycles. The van der Waals surface area contributed by atoms with Crippen molar-refractivity contribution in [2.45, 2.75) is 25.8 Å². The monoisotopic (exact) mass is 234 g/mol. The van der Waals surface area contributed by atoms with Crippen LogP contribution < -0.4 is 10.6 Å². The fourth-order valence-corrected chi connectivity index (χ4v) is 3.83. The van der Waals surface area contributed by atoms with E-state index in [1.54, 1.807) is 0 Å². The summed E-state index contributed by atoms with van der Waals surface area (Å²) in [4.78, 5) is 11.2. The van der Waals surface area contributed by atoms with E-state index in [1.807, 2.05) is 13.8 Å². The van der Waals surface area contributed by atoms with Crippen molar-refractivity contribution in [3.8, 4) is 0 Å². The van der Waals surface area contributed by atoms with Crippen LogP contribution in [-0.4, -0.2) is 44.5 Å². The van der Waals surface area contributed by atoms with Crippen molar-refractivity contribution in [1.82, 2.24) is 10.6 Å². The first-order valence-corrected chi connectivity index (χ1v) is 6.91. The van der Waals surface area contributed by atoms with E-state index in [0.717, 1.165) is 0 Å². The smallest absolute Gasteiger partial charge is 0.233 e. The standard InChI is InChI=1S/C9H18N2O3S/c1-3-10-8(12)6-11-9(2)4-5-15(13,14)7-9/h11H,3-7H2,1-2H3,(H,10,12). The largest absolute Gasteiger partial charge is 0.355 e. The number of likely N-dealkylation sites (N-methyl/N-ethyl adjacent to an activating group) is 1. The molecule has 1 rings (SSSR count). The van der Waals surface area contributed by atoms with E-state index in [1.165, 1.54) is 0 Å². The van der Waals surface area contributed by atoms with Crippen molar-refractivity contribution in [2.24, 2.45) is 0 Å². The van der Waals surface area contributed by atoms with E-state index in [9.17, 15) is 13.2 Å². The van der Waals surface area contributed by atoms with Crippen LogP contribution in [0.15, 0.2) is 0 Å². The molecule has 1 aliphatic heterocycles. The van der Waals surface area contributed by atoms with Crippen LogP contribution in [0.2, 0.25) is 0 Å². The molecule has 15 heavy (non-hydrogen) atoms. The van der Waals surface area contributed by atoms with Gasteiger partial charge < -0.3 is 10.6 Å². The van der Waals surface area contributed by atoms with E-state index in [2.05, 4.69) is 10.6 Å². The third-order valence-electron chi connectivity index (χ3n) is 2.55. The molecule has 1 unspecified atom stereocenters. The second kappa shape index (κ2) is 4.49. The first-order valence-electron chi connectivity index (χ1n) is 5.09. The van der Waals surface area contributed by atoms with E-state index in [4.69, 9.17) is 0 Å². The molecule has 1 heterocycles. The third kappa shape index (κ3) is 3.79. The molecule has 6 heteroatoms. The molecule has 5 nitrogen and oxygen atoms in total. The molecule has 0 saturated carbocycles.